The maximum absolute atomic E-state index is 12.2. The maximum atomic E-state index is 12.2. The molecule has 1 aliphatic heterocycles. The zero-order valence-corrected chi connectivity index (χ0v) is 12.2. The molecule has 0 aliphatic carbocycles. The molecular formula is C17H10N2O2S. The molecule has 1 saturated heterocycles. The van der Waals surface area contributed by atoms with Gasteiger partial charge in [0.15, 0.2) is 0 Å². The van der Waals surface area contributed by atoms with Gasteiger partial charge in [-0.15, -0.1) is 0 Å². The van der Waals surface area contributed by atoms with Gasteiger partial charge in [0.1, 0.15) is 11.1 Å². The van der Waals surface area contributed by atoms with Crippen molar-refractivity contribution in [2.45, 2.75) is 0 Å². The summed E-state index contributed by atoms with van der Waals surface area (Å²) in [6, 6.07) is 20.0. The summed E-state index contributed by atoms with van der Waals surface area (Å²) >= 11 is 0.799. The SMILES string of the molecule is N#C/C(=C1/SC(=O)C(=O)N1c1ccccc1)c1ccccc1. The van der Waals surface area contributed by atoms with E-state index in [-0.39, 0.29) is 0 Å². The van der Waals surface area contributed by atoms with Crippen molar-refractivity contribution in [3.8, 4) is 6.07 Å². The van der Waals surface area contributed by atoms with Crippen molar-refractivity contribution in [3.05, 3.63) is 71.3 Å². The summed E-state index contributed by atoms with van der Waals surface area (Å²) in [5, 5.41) is 9.28. The van der Waals surface area contributed by atoms with Gasteiger partial charge >= 0.3 is 5.91 Å². The summed E-state index contributed by atoms with van der Waals surface area (Å²) in [4.78, 5) is 25.3. The van der Waals surface area contributed by atoms with Crippen LogP contribution in [-0.2, 0) is 9.59 Å². The third kappa shape index (κ3) is 2.41. The molecule has 1 fully saturated rings. The van der Waals surface area contributed by atoms with Gasteiger partial charge in [0.25, 0.3) is 5.12 Å². The highest BCUT2D eigenvalue weighted by Crippen LogP contribution is 2.39. The Kier molecular flexibility index (Phi) is 3.77. The van der Waals surface area contributed by atoms with Crippen molar-refractivity contribution in [3.63, 3.8) is 0 Å². The smallest absolute Gasteiger partial charge is 0.276 e. The minimum atomic E-state index is -0.630. The van der Waals surface area contributed by atoms with Gasteiger partial charge in [-0.05, 0) is 29.5 Å². The highest BCUT2D eigenvalue weighted by molar-refractivity contribution is 8.19. The number of hydrogen-bond donors (Lipinski definition) is 0. The number of nitriles is 1. The number of allylic oxidation sites excluding steroid dienone is 1. The van der Waals surface area contributed by atoms with Crippen molar-refractivity contribution in [1.82, 2.24) is 0 Å². The van der Waals surface area contributed by atoms with Crippen LogP contribution in [0.3, 0.4) is 0 Å². The zero-order chi connectivity index (χ0) is 15.5. The Morgan fingerprint density at radius 2 is 1.55 bits per heavy atom. The van der Waals surface area contributed by atoms with E-state index < -0.39 is 11.0 Å². The van der Waals surface area contributed by atoms with Crippen LogP contribution in [0.1, 0.15) is 5.56 Å². The van der Waals surface area contributed by atoms with Crippen LogP contribution in [0.5, 0.6) is 0 Å². The average Bonchev–Trinajstić information content (AvgIpc) is 2.85. The minimum Gasteiger partial charge on any atom is -0.276 e. The second-order valence-corrected chi connectivity index (χ2v) is 5.49. The van der Waals surface area contributed by atoms with Crippen LogP contribution in [-0.4, -0.2) is 11.0 Å². The fourth-order valence-electron chi connectivity index (χ4n) is 2.18. The number of carbonyl (C=O) groups excluding carboxylic acids is 2. The Morgan fingerprint density at radius 3 is 2.14 bits per heavy atom. The Labute approximate surface area is 131 Å². The van der Waals surface area contributed by atoms with E-state index in [9.17, 15) is 14.9 Å². The fraction of sp³-hybridized carbons (Fsp3) is 0. The number of rotatable bonds is 2. The zero-order valence-electron chi connectivity index (χ0n) is 11.4. The molecule has 0 unspecified atom stereocenters. The Morgan fingerprint density at radius 1 is 0.955 bits per heavy atom. The molecule has 0 atom stereocenters. The summed E-state index contributed by atoms with van der Waals surface area (Å²) in [5.74, 6) is -0.630. The summed E-state index contributed by atoms with van der Waals surface area (Å²) in [5.41, 5.74) is 1.56. The van der Waals surface area contributed by atoms with Crippen LogP contribution < -0.4 is 4.90 Å². The number of benzene rings is 2. The number of anilines is 1. The third-order valence-corrected chi connectivity index (χ3v) is 4.11. The van der Waals surface area contributed by atoms with Crippen LogP contribution in [0.2, 0.25) is 0 Å². The van der Waals surface area contributed by atoms with E-state index in [0.29, 0.717) is 21.9 Å². The van der Waals surface area contributed by atoms with E-state index in [1.165, 1.54) is 4.90 Å². The van der Waals surface area contributed by atoms with Crippen molar-refractivity contribution < 1.29 is 9.59 Å². The van der Waals surface area contributed by atoms with E-state index in [1.807, 2.05) is 24.3 Å². The molecule has 0 aromatic heterocycles. The van der Waals surface area contributed by atoms with Crippen molar-refractivity contribution in [2.75, 3.05) is 4.90 Å². The van der Waals surface area contributed by atoms with Crippen LogP contribution >= 0.6 is 11.8 Å². The van der Waals surface area contributed by atoms with Crippen LogP contribution in [0, 0.1) is 11.3 Å². The minimum absolute atomic E-state index is 0.314. The summed E-state index contributed by atoms with van der Waals surface area (Å²) < 4.78 is 0. The summed E-state index contributed by atoms with van der Waals surface area (Å²) in [6.45, 7) is 0. The first-order valence-corrected chi connectivity index (χ1v) is 7.35. The first-order valence-electron chi connectivity index (χ1n) is 6.53. The standard InChI is InChI=1S/C17H10N2O2S/c18-11-14(12-7-3-1-4-8-12)16-19(15(20)17(21)22-16)13-9-5-2-6-10-13/h1-10H/b16-14-. The predicted octanol–water partition coefficient (Wildman–Crippen LogP) is 3.19. The molecule has 0 radical (unpaired) electrons. The molecule has 22 heavy (non-hydrogen) atoms. The molecule has 106 valence electrons. The molecule has 0 saturated carbocycles. The van der Waals surface area contributed by atoms with Gasteiger partial charge in [-0.25, -0.2) is 0 Å². The Balaban J connectivity index is 2.19. The van der Waals surface area contributed by atoms with Crippen molar-refractivity contribution in [2.24, 2.45) is 0 Å². The number of para-hydroxylation sites is 1. The summed E-state index contributed by atoms with van der Waals surface area (Å²) in [6.07, 6.45) is 0. The normalized spacial score (nSPS) is 16.6. The van der Waals surface area contributed by atoms with Crippen molar-refractivity contribution in [1.29, 1.82) is 5.26 Å². The first-order chi connectivity index (χ1) is 10.7. The lowest BCUT2D eigenvalue weighted by atomic mass is 10.1. The lowest BCUT2D eigenvalue weighted by Gasteiger charge is -2.17. The lowest BCUT2D eigenvalue weighted by molar-refractivity contribution is -0.130. The second kappa shape index (κ2) is 5.88. The topological polar surface area (TPSA) is 61.2 Å². The van der Waals surface area contributed by atoms with E-state index in [4.69, 9.17) is 0 Å². The van der Waals surface area contributed by atoms with E-state index >= 15 is 0 Å². The number of hydrogen-bond acceptors (Lipinski definition) is 4. The molecule has 2 aromatic rings. The highest BCUT2D eigenvalue weighted by Gasteiger charge is 2.38. The molecule has 0 N–H and O–H groups in total. The number of carbonyl (C=O) groups is 2. The lowest BCUT2D eigenvalue weighted by Crippen LogP contribution is -2.26. The highest BCUT2D eigenvalue weighted by atomic mass is 32.2. The molecule has 4 nitrogen and oxygen atoms in total. The van der Waals surface area contributed by atoms with Gasteiger partial charge in [-0.1, -0.05) is 48.5 Å². The van der Waals surface area contributed by atoms with Gasteiger partial charge < -0.3 is 0 Å². The van der Waals surface area contributed by atoms with Gasteiger partial charge in [-0.2, -0.15) is 5.26 Å². The first kappa shape index (κ1) is 14.1. The monoisotopic (exact) mass is 306 g/mol. The van der Waals surface area contributed by atoms with E-state index in [2.05, 4.69) is 6.07 Å². The van der Waals surface area contributed by atoms with Gasteiger partial charge in [0.2, 0.25) is 0 Å². The summed E-state index contributed by atoms with van der Waals surface area (Å²) in [7, 11) is 0. The largest absolute Gasteiger partial charge is 0.311 e. The molecule has 2 aromatic carbocycles. The second-order valence-electron chi connectivity index (χ2n) is 4.52. The predicted molar refractivity (Wildman–Crippen MR) is 85.5 cm³/mol. The number of amides is 1. The van der Waals surface area contributed by atoms with E-state index in [1.54, 1.807) is 36.4 Å². The maximum Gasteiger partial charge on any atom is 0.311 e. The van der Waals surface area contributed by atoms with Gasteiger partial charge in [0, 0.05) is 5.69 Å². The molecule has 3 rings (SSSR count). The Bertz CT molecular complexity index is 808. The number of nitrogens with zero attached hydrogens (tertiary/aromatic N) is 2. The van der Waals surface area contributed by atoms with Crippen LogP contribution in [0.4, 0.5) is 5.69 Å². The Hall–Kier alpha value is -2.84. The van der Waals surface area contributed by atoms with Crippen LogP contribution in [0.15, 0.2) is 65.7 Å². The van der Waals surface area contributed by atoms with E-state index in [0.717, 1.165) is 11.8 Å². The van der Waals surface area contributed by atoms with Crippen molar-refractivity contribution >= 4 is 34.0 Å². The molecule has 0 spiro atoms. The fourth-order valence-corrected chi connectivity index (χ4v) is 3.08. The van der Waals surface area contributed by atoms with Gasteiger partial charge in [-0.3, -0.25) is 14.5 Å². The number of thioether (sulfide) groups is 1. The molecule has 1 aliphatic rings. The quantitative estimate of drug-likeness (QED) is 0.631. The molecular weight excluding hydrogens is 296 g/mol. The molecule has 1 heterocycles. The molecule has 0 bridgehead atoms. The van der Waals surface area contributed by atoms with Gasteiger partial charge in [0.05, 0.1) is 5.57 Å². The van der Waals surface area contributed by atoms with Crippen LogP contribution in [0.25, 0.3) is 5.57 Å². The molecule has 1 amide bonds. The molecule has 5 heteroatoms. The average molecular weight is 306 g/mol. The third-order valence-electron chi connectivity index (χ3n) is 3.17.